The summed E-state index contributed by atoms with van der Waals surface area (Å²) in [6.45, 7) is 9.34. The van der Waals surface area contributed by atoms with Crippen molar-refractivity contribution in [3.05, 3.63) is 80.3 Å². The zero-order chi connectivity index (χ0) is 24.7. The summed E-state index contributed by atoms with van der Waals surface area (Å²) in [5.41, 5.74) is 4.74. The smallest absolute Gasteiger partial charge is 0.262 e. The van der Waals surface area contributed by atoms with Crippen molar-refractivity contribution >= 4 is 54.6 Å². The van der Waals surface area contributed by atoms with E-state index < -0.39 is 20.0 Å². The lowest BCUT2D eigenvalue weighted by Gasteiger charge is -2.19. The molecule has 0 fully saturated rings. The Morgan fingerprint density at radius 3 is 1.48 bits per heavy atom. The van der Waals surface area contributed by atoms with E-state index in [4.69, 9.17) is 23.2 Å². The summed E-state index contributed by atoms with van der Waals surface area (Å²) in [5, 5.41) is 0.578. The molecule has 0 heterocycles. The Kier molecular flexibility index (Phi) is 7.05. The molecule has 6 nitrogen and oxygen atoms in total. The van der Waals surface area contributed by atoms with Crippen molar-refractivity contribution in [2.45, 2.75) is 44.4 Å². The van der Waals surface area contributed by atoms with Gasteiger partial charge in [0.2, 0.25) is 0 Å². The zero-order valence-corrected chi connectivity index (χ0v) is 21.9. The van der Waals surface area contributed by atoms with Crippen LogP contribution >= 0.6 is 23.2 Å². The molecule has 3 aromatic rings. The van der Waals surface area contributed by atoms with Crippen molar-refractivity contribution in [2.75, 3.05) is 9.44 Å². The first-order valence-corrected chi connectivity index (χ1v) is 13.6. The highest BCUT2D eigenvalue weighted by Gasteiger charge is 2.24. The Bertz CT molecular complexity index is 1400. The zero-order valence-electron chi connectivity index (χ0n) is 18.7. The monoisotopic (exact) mass is 526 g/mol. The van der Waals surface area contributed by atoms with Crippen LogP contribution in [0.3, 0.4) is 0 Å². The summed E-state index contributed by atoms with van der Waals surface area (Å²) in [7, 11) is -7.82. The van der Waals surface area contributed by atoms with Gasteiger partial charge < -0.3 is 0 Å². The summed E-state index contributed by atoms with van der Waals surface area (Å²) in [4.78, 5) is 0.190. The Labute approximate surface area is 205 Å². The SMILES string of the molecule is Cc1c(C)c(C)c(S(=O)(=O)Nc2ccc(S(=O)(=O)Nc3cc(Cl)cc(Cl)c3)cc2)c(C)c1C. The molecular weight excluding hydrogens is 503 g/mol. The minimum absolute atomic E-state index is 0.0454. The largest absolute Gasteiger partial charge is 0.280 e. The van der Waals surface area contributed by atoms with E-state index in [0.29, 0.717) is 11.1 Å². The van der Waals surface area contributed by atoms with E-state index in [1.807, 2.05) is 20.8 Å². The van der Waals surface area contributed by atoms with Crippen LogP contribution in [-0.4, -0.2) is 16.8 Å². The van der Waals surface area contributed by atoms with Gasteiger partial charge in [0.05, 0.1) is 15.5 Å². The fourth-order valence-electron chi connectivity index (χ4n) is 3.60. The maximum absolute atomic E-state index is 13.2. The second-order valence-electron chi connectivity index (χ2n) is 7.85. The van der Waals surface area contributed by atoms with Crippen molar-refractivity contribution in [3.8, 4) is 0 Å². The molecule has 0 saturated heterocycles. The van der Waals surface area contributed by atoms with Crippen LogP contribution in [0.15, 0.2) is 52.3 Å². The minimum Gasteiger partial charge on any atom is -0.280 e. The van der Waals surface area contributed by atoms with Gasteiger partial charge in [-0.05, 0) is 105 Å². The highest BCUT2D eigenvalue weighted by molar-refractivity contribution is 7.93. The third-order valence-electron chi connectivity index (χ3n) is 5.73. The predicted molar refractivity (Wildman–Crippen MR) is 135 cm³/mol. The predicted octanol–water partition coefficient (Wildman–Crippen LogP) is 6.14. The van der Waals surface area contributed by atoms with Crippen molar-refractivity contribution in [2.24, 2.45) is 0 Å². The average Bonchev–Trinajstić information content (AvgIpc) is 2.69. The molecule has 3 aromatic carbocycles. The Hall–Kier alpha value is -2.26. The molecule has 0 aromatic heterocycles. The number of hydrogen-bond donors (Lipinski definition) is 2. The lowest BCUT2D eigenvalue weighted by atomic mass is 9.95. The van der Waals surface area contributed by atoms with Gasteiger partial charge >= 0.3 is 0 Å². The Morgan fingerprint density at radius 1 is 0.576 bits per heavy atom. The molecule has 3 rings (SSSR count). The molecule has 0 atom stereocenters. The van der Waals surface area contributed by atoms with Crippen LogP contribution in [0.1, 0.15) is 27.8 Å². The van der Waals surface area contributed by atoms with Gasteiger partial charge in [0.1, 0.15) is 0 Å². The summed E-state index contributed by atoms with van der Waals surface area (Å²) < 4.78 is 56.7. The summed E-state index contributed by atoms with van der Waals surface area (Å²) in [6.07, 6.45) is 0. The van der Waals surface area contributed by atoms with Gasteiger partial charge in [-0.15, -0.1) is 0 Å². The van der Waals surface area contributed by atoms with Crippen molar-refractivity contribution < 1.29 is 16.8 Å². The van der Waals surface area contributed by atoms with E-state index in [-0.39, 0.29) is 31.2 Å². The van der Waals surface area contributed by atoms with Crippen LogP contribution < -0.4 is 9.44 Å². The summed E-state index contributed by atoms with van der Waals surface area (Å²) >= 11 is 11.8. The first-order chi connectivity index (χ1) is 15.2. The third kappa shape index (κ3) is 5.30. The molecule has 0 spiro atoms. The molecule has 0 unspecified atom stereocenters. The molecule has 0 aliphatic heterocycles. The number of benzene rings is 3. The molecule has 0 amide bonds. The number of nitrogens with one attached hydrogen (secondary N) is 2. The van der Waals surface area contributed by atoms with Crippen molar-refractivity contribution in [1.82, 2.24) is 0 Å². The van der Waals surface area contributed by atoms with Crippen LogP contribution in [0.2, 0.25) is 10.0 Å². The van der Waals surface area contributed by atoms with Gasteiger partial charge in [0.15, 0.2) is 0 Å². The quantitative estimate of drug-likeness (QED) is 0.403. The van der Waals surface area contributed by atoms with Gasteiger partial charge in [0.25, 0.3) is 20.0 Å². The lowest BCUT2D eigenvalue weighted by Crippen LogP contribution is -2.18. The minimum atomic E-state index is -3.93. The van der Waals surface area contributed by atoms with Crippen LogP contribution in [0, 0.1) is 34.6 Å². The Morgan fingerprint density at radius 2 is 1.00 bits per heavy atom. The second kappa shape index (κ2) is 9.18. The molecule has 33 heavy (non-hydrogen) atoms. The topological polar surface area (TPSA) is 92.3 Å². The lowest BCUT2D eigenvalue weighted by molar-refractivity contribution is 0.599. The molecule has 0 aliphatic carbocycles. The second-order valence-corrected chi connectivity index (χ2v) is 12.0. The van der Waals surface area contributed by atoms with E-state index in [1.165, 1.54) is 42.5 Å². The first kappa shape index (κ1) is 25.4. The standard InChI is InChI=1S/C23H24Cl2N2O4S2/c1-13-14(2)16(4)23(17(5)15(13)3)33(30,31)26-20-6-8-22(9-7-20)32(28,29)27-21-11-18(24)10-19(25)12-21/h6-12,26-27H,1-5H3. The normalized spacial score (nSPS) is 12.0. The molecule has 0 bridgehead atoms. The number of halogens is 2. The van der Waals surface area contributed by atoms with Crippen LogP contribution in [-0.2, 0) is 20.0 Å². The maximum atomic E-state index is 13.2. The molecule has 2 N–H and O–H groups in total. The van der Waals surface area contributed by atoms with Crippen molar-refractivity contribution in [3.63, 3.8) is 0 Å². The van der Waals surface area contributed by atoms with Crippen LogP contribution in [0.25, 0.3) is 0 Å². The van der Waals surface area contributed by atoms with Crippen LogP contribution in [0.4, 0.5) is 11.4 Å². The van der Waals surface area contributed by atoms with Gasteiger partial charge in [-0.25, -0.2) is 16.8 Å². The van der Waals surface area contributed by atoms with Gasteiger partial charge in [-0.2, -0.15) is 0 Å². The van der Waals surface area contributed by atoms with E-state index in [9.17, 15) is 16.8 Å². The van der Waals surface area contributed by atoms with Crippen molar-refractivity contribution in [1.29, 1.82) is 0 Å². The average molecular weight is 527 g/mol. The highest BCUT2D eigenvalue weighted by atomic mass is 35.5. The fraction of sp³-hybridized carbons (Fsp3) is 0.217. The van der Waals surface area contributed by atoms with E-state index >= 15 is 0 Å². The van der Waals surface area contributed by atoms with Gasteiger partial charge in [0, 0.05) is 15.7 Å². The number of hydrogen-bond acceptors (Lipinski definition) is 4. The fourth-order valence-corrected chi connectivity index (χ4v) is 6.83. The van der Waals surface area contributed by atoms with E-state index in [0.717, 1.165) is 16.7 Å². The third-order valence-corrected chi connectivity index (χ3v) is 9.22. The summed E-state index contributed by atoms with van der Waals surface area (Å²) in [6, 6.07) is 9.79. The summed E-state index contributed by atoms with van der Waals surface area (Å²) in [5.74, 6) is 0. The van der Waals surface area contributed by atoms with E-state index in [1.54, 1.807) is 13.8 Å². The molecule has 10 heteroatoms. The van der Waals surface area contributed by atoms with Crippen LogP contribution in [0.5, 0.6) is 0 Å². The molecule has 0 radical (unpaired) electrons. The number of rotatable bonds is 6. The maximum Gasteiger partial charge on any atom is 0.262 e. The Balaban J connectivity index is 1.89. The van der Waals surface area contributed by atoms with E-state index in [2.05, 4.69) is 9.44 Å². The molecule has 176 valence electrons. The molecular formula is C23H24Cl2N2O4S2. The first-order valence-electron chi connectivity index (χ1n) is 9.91. The highest BCUT2D eigenvalue weighted by Crippen LogP contribution is 2.31. The number of sulfonamides is 2. The molecule has 0 saturated carbocycles. The molecule has 0 aliphatic rings. The van der Waals surface area contributed by atoms with Gasteiger partial charge in [-0.3, -0.25) is 9.44 Å². The number of anilines is 2. The van der Waals surface area contributed by atoms with Gasteiger partial charge in [-0.1, -0.05) is 23.2 Å².